The summed E-state index contributed by atoms with van der Waals surface area (Å²) in [6, 6.07) is 7.80. The van der Waals surface area contributed by atoms with Gasteiger partial charge in [-0.05, 0) is 24.3 Å². The van der Waals surface area contributed by atoms with Gasteiger partial charge in [-0.25, -0.2) is 4.98 Å². The maximum absolute atomic E-state index is 6.26. The Hall–Kier alpha value is -0.350. The summed E-state index contributed by atoms with van der Waals surface area (Å²) in [6.45, 7) is 0.780. The van der Waals surface area contributed by atoms with E-state index in [9.17, 15) is 0 Å². The van der Waals surface area contributed by atoms with Gasteiger partial charge in [-0.1, -0.05) is 11.6 Å². The standard InChI is InChI=1S/C12H12Cl2N2S.ClH/c13-10-1-3-12(4-2-10)17-8-11(14)7-16-6-5-15-9-16;/h1-6,9,11H,7-8H2;1H. The Labute approximate surface area is 127 Å². The van der Waals surface area contributed by atoms with E-state index in [2.05, 4.69) is 4.98 Å². The van der Waals surface area contributed by atoms with Crippen molar-refractivity contribution in [1.82, 2.24) is 9.55 Å². The van der Waals surface area contributed by atoms with E-state index >= 15 is 0 Å². The highest BCUT2D eigenvalue weighted by Crippen LogP contribution is 2.22. The van der Waals surface area contributed by atoms with Gasteiger partial charge in [0, 0.05) is 34.6 Å². The molecule has 0 aliphatic carbocycles. The predicted molar refractivity (Wildman–Crippen MR) is 81.3 cm³/mol. The van der Waals surface area contributed by atoms with Gasteiger partial charge < -0.3 is 4.57 Å². The fourth-order valence-corrected chi connectivity index (χ4v) is 2.68. The first-order valence-corrected chi connectivity index (χ1v) is 7.02. The van der Waals surface area contributed by atoms with Crippen molar-refractivity contribution in [3.63, 3.8) is 0 Å². The van der Waals surface area contributed by atoms with E-state index in [1.165, 1.54) is 4.90 Å². The third-order valence-electron chi connectivity index (χ3n) is 2.21. The molecule has 1 unspecified atom stereocenters. The Balaban J connectivity index is 0.00000162. The molecule has 2 rings (SSSR count). The quantitative estimate of drug-likeness (QED) is 0.601. The Morgan fingerprint density at radius 3 is 2.61 bits per heavy atom. The normalized spacial score (nSPS) is 11.9. The summed E-state index contributed by atoms with van der Waals surface area (Å²) in [5, 5.41) is 0.847. The number of hydrogen-bond donors (Lipinski definition) is 0. The van der Waals surface area contributed by atoms with Crippen molar-refractivity contribution >= 4 is 47.4 Å². The second kappa shape index (κ2) is 7.95. The van der Waals surface area contributed by atoms with Crippen molar-refractivity contribution in [3.8, 4) is 0 Å². The van der Waals surface area contributed by atoms with Crippen molar-refractivity contribution in [2.24, 2.45) is 0 Å². The largest absolute Gasteiger partial charge is 0.336 e. The molecule has 18 heavy (non-hydrogen) atoms. The van der Waals surface area contributed by atoms with Crippen LogP contribution in [0.5, 0.6) is 0 Å². The number of nitrogens with zero attached hydrogens (tertiary/aromatic N) is 2. The number of rotatable bonds is 5. The molecule has 0 fully saturated rings. The van der Waals surface area contributed by atoms with Crippen LogP contribution in [0.4, 0.5) is 0 Å². The lowest BCUT2D eigenvalue weighted by molar-refractivity contribution is 0.690. The first-order valence-electron chi connectivity index (χ1n) is 5.22. The van der Waals surface area contributed by atoms with Gasteiger partial charge in [0.2, 0.25) is 0 Å². The molecule has 0 saturated heterocycles. The summed E-state index contributed by atoms with van der Waals surface area (Å²) in [7, 11) is 0. The summed E-state index contributed by atoms with van der Waals surface area (Å²) >= 11 is 13.8. The highest BCUT2D eigenvalue weighted by molar-refractivity contribution is 7.99. The average molecular weight is 324 g/mol. The molecular weight excluding hydrogens is 311 g/mol. The van der Waals surface area contributed by atoms with Crippen LogP contribution >= 0.6 is 47.4 Å². The first kappa shape index (κ1) is 15.7. The van der Waals surface area contributed by atoms with E-state index in [-0.39, 0.29) is 17.8 Å². The summed E-state index contributed by atoms with van der Waals surface area (Å²) in [5.74, 6) is 0.862. The van der Waals surface area contributed by atoms with Crippen LogP contribution in [0.1, 0.15) is 0 Å². The minimum atomic E-state index is 0. The van der Waals surface area contributed by atoms with Crippen LogP contribution in [-0.4, -0.2) is 20.7 Å². The van der Waals surface area contributed by atoms with Crippen molar-refractivity contribution in [1.29, 1.82) is 0 Å². The third-order valence-corrected chi connectivity index (χ3v) is 4.11. The van der Waals surface area contributed by atoms with Crippen LogP contribution < -0.4 is 0 Å². The molecule has 0 saturated carbocycles. The smallest absolute Gasteiger partial charge is 0.0946 e. The number of hydrogen-bond acceptors (Lipinski definition) is 2. The molecule has 98 valence electrons. The molecule has 6 heteroatoms. The monoisotopic (exact) mass is 322 g/mol. The van der Waals surface area contributed by atoms with Gasteiger partial charge >= 0.3 is 0 Å². The van der Waals surface area contributed by atoms with Gasteiger partial charge in [-0.2, -0.15) is 0 Å². The summed E-state index contributed by atoms with van der Waals surface area (Å²) in [5.41, 5.74) is 0. The van der Waals surface area contributed by atoms with Gasteiger partial charge in [0.15, 0.2) is 0 Å². The van der Waals surface area contributed by atoms with Crippen LogP contribution in [0.2, 0.25) is 5.02 Å². The topological polar surface area (TPSA) is 17.8 Å². The molecule has 2 aromatic rings. The average Bonchev–Trinajstić information content (AvgIpc) is 2.81. The van der Waals surface area contributed by atoms with E-state index in [1.54, 1.807) is 24.3 Å². The number of benzene rings is 1. The highest BCUT2D eigenvalue weighted by Gasteiger charge is 2.06. The lowest BCUT2D eigenvalue weighted by Crippen LogP contribution is -2.11. The van der Waals surface area contributed by atoms with Gasteiger partial charge in [0.05, 0.1) is 11.7 Å². The molecule has 1 aromatic heterocycles. The first-order chi connectivity index (χ1) is 8.24. The van der Waals surface area contributed by atoms with Gasteiger partial charge in [0.1, 0.15) is 0 Å². The van der Waals surface area contributed by atoms with Crippen LogP contribution in [0, 0.1) is 0 Å². The van der Waals surface area contributed by atoms with Crippen molar-refractivity contribution in [3.05, 3.63) is 48.0 Å². The Morgan fingerprint density at radius 1 is 1.28 bits per heavy atom. The maximum atomic E-state index is 6.26. The van der Waals surface area contributed by atoms with Crippen LogP contribution in [-0.2, 0) is 6.54 Å². The fraction of sp³-hybridized carbons (Fsp3) is 0.250. The second-order valence-corrected chi connectivity index (χ2v) is 5.77. The summed E-state index contributed by atoms with van der Waals surface area (Å²) in [6.07, 6.45) is 5.46. The van der Waals surface area contributed by atoms with Crippen LogP contribution in [0.3, 0.4) is 0 Å². The third kappa shape index (κ3) is 5.11. The number of aromatic nitrogens is 2. The molecule has 1 atom stereocenters. The molecule has 0 amide bonds. The van der Waals surface area contributed by atoms with Crippen molar-refractivity contribution in [2.75, 3.05) is 5.75 Å². The van der Waals surface area contributed by atoms with E-state index in [0.717, 1.165) is 17.3 Å². The van der Waals surface area contributed by atoms with Crippen molar-refractivity contribution < 1.29 is 0 Å². The maximum Gasteiger partial charge on any atom is 0.0946 e. The molecular formula is C12H13Cl3N2S. The minimum Gasteiger partial charge on any atom is -0.336 e. The lowest BCUT2D eigenvalue weighted by atomic mass is 10.4. The molecule has 2 nitrogen and oxygen atoms in total. The fourth-order valence-electron chi connectivity index (χ4n) is 1.39. The Kier molecular flexibility index (Phi) is 6.94. The SMILES string of the molecule is Cl.Clc1ccc(SCC(Cl)Cn2ccnc2)cc1. The van der Waals surface area contributed by atoms with Gasteiger partial charge in [0.25, 0.3) is 0 Å². The highest BCUT2D eigenvalue weighted by atomic mass is 35.5. The molecule has 0 bridgehead atoms. The van der Waals surface area contributed by atoms with E-state index in [0.29, 0.717) is 0 Å². The zero-order valence-corrected chi connectivity index (χ0v) is 12.6. The zero-order chi connectivity index (χ0) is 12.1. The number of halogens is 3. The van der Waals surface area contributed by atoms with E-state index in [4.69, 9.17) is 23.2 Å². The number of alkyl halides is 1. The van der Waals surface area contributed by atoms with Gasteiger partial charge in [-0.15, -0.1) is 35.8 Å². The van der Waals surface area contributed by atoms with Gasteiger partial charge in [-0.3, -0.25) is 0 Å². The lowest BCUT2D eigenvalue weighted by Gasteiger charge is -2.09. The van der Waals surface area contributed by atoms with E-state index < -0.39 is 0 Å². The molecule has 1 heterocycles. The summed E-state index contributed by atoms with van der Waals surface area (Å²) in [4.78, 5) is 5.17. The predicted octanol–water partition coefficient (Wildman–Crippen LogP) is 4.36. The number of thioether (sulfide) groups is 1. The summed E-state index contributed by atoms with van der Waals surface area (Å²) < 4.78 is 1.99. The molecule has 0 radical (unpaired) electrons. The molecule has 0 aliphatic rings. The van der Waals surface area contributed by atoms with Crippen molar-refractivity contribution in [2.45, 2.75) is 16.8 Å². The molecule has 1 aromatic carbocycles. The Morgan fingerprint density at radius 2 is 2.00 bits per heavy atom. The Bertz CT molecular complexity index is 445. The number of imidazole rings is 1. The molecule has 0 spiro atoms. The second-order valence-electron chi connectivity index (χ2n) is 3.62. The molecule has 0 aliphatic heterocycles. The van der Waals surface area contributed by atoms with Crippen LogP contribution in [0.25, 0.3) is 0 Å². The zero-order valence-electron chi connectivity index (χ0n) is 9.50. The van der Waals surface area contributed by atoms with E-state index in [1.807, 2.05) is 35.0 Å². The van der Waals surface area contributed by atoms with Crippen LogP contribution in [0.15, 0.2) is 47.9 Å². The minimum absolute atomic E-state index is 0. The molecule has 0 N–H and O–H groups in total.